The Balaban J connectivity index is 1.89. The Hall–Kier alpha value is -2.55. The Morgan fingerprint density at radius 3 is 2.74 bits per heavy atom. The third kappa shape index (κ3) is 3.29. The molecule has 0 aliphatic carbocycles. The van der Waals surface area contributed by atoms with Crippen molar-refractivity contribution in [3.05, 3.63) is 59.8 Å². The summed E-state index contributed by atoms with van der Waals surface area (Å²) in [6, 6.07) is 14.6. The fourth-order valence-electron chi connectivity index (χ4n) is 2.98. The standard InChI is InChI=1S/C20H23N3/c1-3-6-16(21)13-15-7-4-5-8-19(15)23-18-9-10-20-17(14(18)2)11-12-22-20/h4-5,7-12,21-23H,3,6,13H2,1-2H3. The molecule has 0 radical (unpaired) electrons. The van der Waals surface area contributed by atoms with Crippen LogP contribution in [0.5, 0.6) is 0 Å². The van der Waals surface area contributed by atoms with Gasteiger partial charge in [0, 0.05) is 40.6 Å². The molecule has 0 saturated heterocycles. The molecule has 0 unspecified atom stereocenters. The molecular weight excluding hydrogens is 282 g/mol. The van der Waals surface area contributed by atoms with Crippen LogP contribution in [-0.2, 0) is 6.42 Å². The molecule has 0 spiro atoms. The molecular formula is C20H23N3. The number of anilines is 2. The summed E-state index contributed by atoms with van der Waals surface area (Å²) in [5.41, 5.74) is 6.57. The lowest BCUT2D eigenvalue weighted by atomic mass is 10.0. The number of H-pyrrole nitrogens is 1. The van der Waals surface area contributed by atoms with E-state index in [1.807, 2.05) is 18.3 Å². The van der Waals surface area contributed by atoms with Gasteiger partial charge in [0.05, 0.1) is 0 Å². The van der Waals surface area contributed by atoms with Crippen molar-refractivity contribution < 1.29 is 0 Å². The number of aromatic nitrogens is 1. The van der Waals surface area contributed by atoms with Gasteiger partial charge >= 0.3 is 0 Å². The Morgan fingerprint density at radius 2 is 1.91 bits per heavy atom. The van der Waals surface area contributed by atoms with Gasteiger partial charge in [-0.2, -0.15) is 0 Å². The first-order chi connectivity index (χ1) is 11.2. The zero-order chi connectivity index (χ0) is 16.2. The van der Waals surface area contributed by atoms with Gasteiger partial charge in [-0.15, -0.1) is 0 Å². The van der Waals surface area contributed by atoms with Crippen molar-refractivity contribution in [1.29, 1.82) is 5.41 Å². The summed E-state index contributed by atoms with van der Waals surface area (Å²) >= 11 is 0. The number of fused-ring (bicyclic) bond motifs is 1. The first-order valence-corrected chi connectivity index (χ1v) is 8.17. The second-order valence-electron chi connectivity index (χ2n) is 5.99. The molecule has 0 amide bonds. The molecule has 3 nitrogen and oxygen atoms in total. The summed E-state index contributed by atoms with van der Waals surface area (Å²) < 4.78 is 0. The van der Waals surface area contributed by atoms with Gasteiger partial charge in [-0.3, -0.25) is 0 Å². The largest absolute Gasteiger partial charge is 0.361 e. The summed E-state index contributed by atoms with van der Waals surface area (Å²) in [5.74, 6) is 0. The number of nitrogens with one attached hydrogen (secondary N) is 3. The molecule has 3 aromatic rings. The number of benzene rings is 2. The Morgan fingerprint density at radius 1 is 1.09 bits per heavy atom. The van der Waals surface area contributed by atoms with Crippen LogP contribution >= 0.6 is 0 Å². The van der Waals surface area contributed by atoms with Crippen LogP contribution in [-0.4, -0.2) is 10.7 Å². The van der Waals surface area contributed by atoms with Crippen molar-refractivity contribution in [3.8, 4) is 0 Å². The maximum atomic E-state index is 8.10. The van der Waals surface area contributed by atoms with Gasteiger partial charge in [0.2, 0.25) is 0 Å². The molecule has 1 aromatic heterocycles. The molecule has 3 heteroatoms. The Kier molecular flexibility index (Phi) is 4.47. The van der Waals surface area contributed by atoms with E-state index in [4.69, 9.17) is 5.41 Å². The van der Waals surface area contributed by atoms with Crippen LogP contribution in [0, 0.1) is 12.3 Å². The predicted octanol–water partition coefficient (Wildman–Crippen LogP) is 5.58. The van der Waals surface area contributed by atoms with Crippen LogP contribution in [0.2, 0.25) is 0 Å². The van der Waals surface area contributed by atoms with Gasteiger partial charge < -0.3 is 15.7 Å². The van der Waals surface area contributed by atoms with Crippen molar-refractivity contribution >= 4 is 28.0 Å². The van der Waals surface area contributed by atoms with Crippen molar-refractivity contribution in [1.82, 2.24) is 4.98 Å². The lowest BCUT2D eigenvalue weighted by Crippen LogP contribution is -2.04. The summed E-state index contributed by atoms with van der Waals surface area (Å²) in [4.78, 5) is 3.25. The minimum Gasteiger partial charge on any atom is -0.361 e. The van der Waals surface area contributed by atoms with E-state index < -0.39 is 0 Å². The molecule has 0 aliphatic heterocycles. The van der Waals surface area contributed by atoms with Gasteiger partial charge in [0.15, 0.2) is 0 Å². The second kappa shape index (κ2) is 6.69. The highest BCUT2D eigenvalue weighted by Gasteiger charge is 2.08. The Labute approximate surface area is 137 Å². The van der Waals surface area contributed by atoms with Crippen LogP contribution < -0.4 is 5.32 Å². The molecule has 0 aliphatic rings. The van der Waals surface area contributed by atoms with Crippen LogP contribution in [0.3, 0.4) is 0 Å². The average Bonchev–Trinajstić information content (AvgIpc) is 3.01. The van der Waals surface area contributed by atoms with Crippen molar-refractivity contribution in [2.24, 2.45) is 0 Å². The van der Waals surface area contributed by atoms with Gasteiger partial charge in [-0.05, 0) is 48.7 Å². The van der Waals surface area contributed by atoms with Gasteiger partial charge in [0.25, 0.3) is 0 Å². The molecule has 23 heavy (non-hydrogen) atoms. The van der Waals surface area contributed by atoms with E-state index >= 15 is 0 Å². The van der Waals surface area contributed by atoms with Crippen LogP contribution in [0.25, 0.3) is 10.9 Å². The molecule has 0 fully saturated rings. The maximum Gasteiger partial charge on any atom is 0.0458 e. The molecule has 3 rings (SSSR count). The highest BCUT2D eigenvalue weighted by atomic mass is 14.9. The maximum absolute atomic E-state index is 8.10. The number of hydrogen-bond donors (Lipinski definition) is 3. The number of aromatic amines is 1. The minimum absolute atomic E-state index is 0.711. The second-order valence-corrected chi connectivity index (χ2v) is 5.99. The van der Waals surface area contributed by atoms with Crippen molar-refractivity contribution in [2.45, 2.75) is 33.1 Å². The third-order valence-electron chi connectivity index (χ3n) is 4.25. The number of hydrogen-bond acceptors (Lipinski definition) is 2. The quantitative estimate of drug-likeness (QED) is 0.511. The van der Waals surface area contributed by atoms with Crippen LogP contribution in [0.1, 0.15) is 30.9 Å². The SMILES string of the molecule is CCCC(=N)Cc1ccccc1Nc1ccc2[nH]ccc2c1C. The zero-order valence-electron chi connectivity index (χ0n) is 13.7. The van der Waals surface area contributed by atoms with E-state index in [0.717, 1.165) is 35.4 Å². The van der Waals surface area contributed by atoms with E-state index in [1.54, 1.807) is 0 Å². The predicted molar refractivity (Wildman–Crippen MR) is 99.1 cm³/mol. The highest BCUT2D eigenvalue weighted by Crippen LogP contribution is 2.29. The summed E-state index contributed by atoms with van der Waals surface area (Å²) in [5, 5.41) is 12.9. The van der Waals surface area contributed by atoms with Crippen LogP contribution in [0.15, 0.2) is 48.7 Å². The van der Waals surface area contributed by atoms with Crippen molar-refractivity contribution in [2.75, 3.05) is 5.32 Å². The van der Waals surface area contributed by atoms with Gasteiger partial charge in [-0.25, -0.2) is 0 Å². The smallest absolute Gasteiger partial charge is 0.0458 e. The topological polar surface area (TPSA) is 51.7 Å². The van der Waals surface area contributed by atoms with Gasteiger partial charge in [0.1, 0.15) is 0 Å². The molecule has 3 N–H and O–H groups in total. The fourth-order valence-corrected chi connectivity index (χ4v) is 2.98. The monoisotopic (exact) mass is 305 g/mol. The third-order valence-corrected chi connectivity index (χ3v) is 4.25. The molecule has 2 aromatic carbocycles. The lowest BCUT2D eigenvalue weighted by molar-refractivity contribution is 0.965. The molecule has 0 bridgehead atoms. The molecule has 118 valence electrons. The van der Waals surface area contributed by atoms with Crippen molar-refractivity contribution in [3.63, 3.8) is 0 Å². The first kappa shape index (κ1) is 15.3. The summed E-state index contributed by atoms with van der Waals surface area (Å²) in [6.07, 6.45) is 4.57. The fraction of sp³-hybridized carbons (Fsp3) is 0.250. The van der Waals surface area contributed by atoms with E-state index in [9.17, 15) is 0 Å². The molecule has 0 saturated carbocycles. The van der Waals surface area contributed by atoms with E-state index in [1.165, 1.54) is 16.5 Å². The first-order valence-electron chi connectivity index (χ1n) is 8.17. The average molecular weight is 305 g/mol. The summed E-state index contributed by atoms with van der Waals surface area (Å²) in [7, 11) is 0. The zero-order valence-corrected chi connectivity index (χ0v) is 13.7. The Bertz CT molecular complexity index is 830. The van der Waals surface area contributed by atoms with Gasteiger partial charge in [-0.1, -0.05) is 31.5 Å². The van der Waals surface area contributed by atoms with Crippen LogP contribution in [0.4, 0.5) is 11.4 Å². The van der Waals surface area contributed by atoms with E-state index in [0.29, 0.717) is 6.42 Å². The number of aryl methyl sites for hydroxylation is 1. The number of rotatable bonds is 6. The molecule has 1 heterocycles. The lowest BCUT2D eigenvalue weighted by Gasteiger charge is -2.15. The van der Waals surface area contributed by atoms with E-state index in [-0.39, 0.29) is 0 Å². The normalized spacial score (nSPS) is 10.9. The van der Waals surface area contributed by atoms with E-state index in [2.05, 4.69) is 54.5 Å². The summed E-state index contributed by atoms with van der Waals surface area (Å²) in [6.45, 7) is 4.26. The molecule has 0 atom stereocenters. The highest BCUT2D eigenvalue weighted by molar-refractivity contribution is 5.89. The number of para-hydroxylation sites is 1. The minimum atomic E-state index is 0.711.